The highest BCUT2D eigenvalue weighted by Crippen LogP contribution is 2.54. The Labute approximate surface area is 319 Å². The van der Waals surface area contributed by atoms with Crippen molar-refractivity contribution in [1.82, 2.24) is 24.8 Å². The second-order valence-corrected chi connectivity index (χ2v) is 16.3. The van der Waals surface area contributed by atoms with Crippen LogP contribution in [0.15, 0.2) is 24.3 Å². The van der Waals surface area contributed by atoms with Crippen LogP contribution in [0, 0.1) is 22.6 Å². The molecule has 8 rings (SSSR count). The molecule has 0 radical (unpaired) electrons. The summed E-state index contributed by atoms with van der Waals surface area (Å²) in [6, 6.07) is 5.80. The molecular weight excluding hydrogens is 717 g/mol. The van der Waals surface area contributed by atoms with Crippen molar-refractivity contribution in [2.24, 2.45) is 16.7 Å². The molecule has 288 valence electrons. The molecule has 3 aliphatic heterocycles. The lowest BCUT2D eigenvalue weighted by molar-refractivity contribution is -0.164. The van der Waals surface area contributed by atoms with Crippen molar-refractivity contribution in [3.05, 3.63) is 63.2 Å². The molecule has 2 aliphatic carbocycles. The fourth-order valence-electron chi connectivity index (χ4n) is 9.19. The van der Waals surface area contributed by atoms with Gasteiger partial charge < -0.3 is 28.7 Å². The van der Waals surface area contributed by atoms with Gasteiger partial charge in [-0.05, 0) is 87.5 Å². The van der Waals surface area contributed by atoms with Crippen molar-refractivity contribution in [3.8, 4) is 17.2 Å². The molecule has 14 heteroatoms. The summed E-state index contributed by atoms with van der Waals surface area (Å²) in [5.41, 5.74) is 2.35. The number of benzene rings is 2. The zero-order valence-corrected chi connectivity index (χ0v) is 31.9. The van der Waals surface area contributed by atoms with E-state index in [1.807, 2.05) is 9.58 Å². The summed E-state index contributed by atoms with van der Waals surface area (Å²) < 4.78 is 41.1. The predicted molar refractivity (Wildman–Crippen MR) is 195 cm³/mol. The smallest absolute Gasteiger partial charge is 0.312 e. The number of rotatable bonds is 11. The summed E-state index contributed by atoms with van der Waals surface area (Å²) in [5.74, 6) is -0.857. The molecule has 12 nitrogen and oxygen atoms in total. The summed E-state index contributed by atoms with van der Waals surface area (Å²) in [6.45, 7) is 3.59. The number of aromatic nitrogens is 3. The summed E-state index contributed by atoms with van der Waals surface area (Å²) in [7, 11) is 3.10. The molecule has 3 atom stereocenters. The van der Waals surface area contributed by atoms with Crippen LogP contribution in [0.3, 0.4) is 0 Å². The molecule has 4 heterocycles. The van der Waals surface area contributed by atoms with Gasteiger partial charge in [-0.1, -0.05) is 23.2 Å². The van der Waals surface area contributed by atoms with Crippen LogP contribution >= 0.6 is 11.6 Å². The van der Waals surface area contributed by atoms with Crippen molar-refractivity contribution < 1.29 is 37.7 Å². The third-order valence-corrected chi connectivity index (χ3v) is 12.9. The average molecular weight is 764 g/mol. The molecule has 2 amide bonds. The number of amides is 2. The zero-order chi connectivity index (χ0) is 37.8. The van der Waals surface area contributed by atoms with Gasteiger partial charge in [-0.15, -0.1) is 5.10 Å². The Kier molecular flexibility index (Phi) is 9.72. The summed E-state index contributed by atoms with van der Waals surface area (Å²) in [5, 5.41) is 8.89. The van der Waals surface area contributed by atoms with Gasteiger partial charge in [0.25, 0.3) is 0 Å². The Balaban J connectivity index is 1.10. The van der Waals surface area contributed by atoms with Gasteiger partial charge in [0.1, 0.15) is 30.4 Å². The van der Waals surface area contributed by atoms with Crippen molar-refractivity contribution in [3.63, 3.8) is 0 Å². The molecule has 1 aromatic heterocycles. The SMILES string of the molecule is COc1ccc(COC(=O)[C@@]2(C)CCC[C@H]2C(=O)N2CCc3c(Cl)cc(F)c(OCc4nnn5c4CCCC5)c3[C@H]2CN2CC3(CC3)CC2=O)c(OC)c1. The van der Waals surface area contributed by atoms with Crippen LogP contribution in [0.4, 0.5) is 4.39 Å². The lowest BCUT2D eigenvalue weighted by Crippen LogP contribution is -2.51. The van der Waals surface area contributed by atoms with Gasteiger partial charge in [0.05, 0.1) is 37.3 Å². The van der Waals surface area contributed by atoms with Crippen molar-refractivity contribution in [2.45, 2.75) is 96.9 Å². The topological polar surface area (TPSA) is 125 Å². The molecule has 0 N–H and O–H groups in total. The third-order valence-electron chi connectivity index (χ3n) is 12.6. The van der Waals surface area contributed by atoms with Crippen LogP contribution in [0.2, 0.25) is 5.02 Å². The number of esters is 1. The number of hydrogen-bond donors (Lipinski definition) is 0. The van der Waals surface area contributed by atoms with E-state index in [9.17, 15) is 14.4 Å². The number of ether oxygens (including phenoxy) is 4. The van der Waals surface area contributed by atoms with E-state index >= 15 is 4.39 Å². The molecule has 2 saturated carbocycles. The maximum absolute atomic E-state index is 16.2. The number of aryl methyl sites for hydroxylation is 1. The first-order chi connectivity index (χ1) is 26.0. The highest BCUT2D eigenvalue weighted by Gasteiger charge is 2.55. The van der Waals surface area contributed by atoms with Crippen LogP contribution in [0.1, 0.15) is 92.4 Å². The van der Waals surface area contributed by atoms with Gasteiger partial charge in [0.15, 0.2) is 11.6 Å². The molecule has 2 aromatic carbocycles. The van der Waals surface area contributed by atoms with Crippen molar-refractivity contribution in [1.29, 1.82) is 0 Å². The fraction of sp³-hybridized carbons (Fsp3) is 0.575. The number of halogens is 2. The molecule has 3 fully saturated rings. The van der Waals surface area contributed by atoms with E-state index in [-0.39, 0.29) is 54.3 Å². The first-order valence-corrected chi connectivity index (χ1v) is 19.4. The fourth-order valence-corrected chi connectivity index (χ4v) is 9.48. The van der Waals surface area contributed by atoms with E-state index in [0.717, 1.165) is 44.3 Å². The van der Waals surface area contributed by atoms with E-state index in [4.69, 9.17) is 30.5 Å². The van der Waals surface area contributed by atoms with Crippen LogP contribution < -0.4 is 14.2 Å². The molecule has 0 unspecified atom stereocenters. The largest absolute Gasteiger partial charge is 0.497 e. The Hall–Kier alpha value is -4.39. The lowest BCUT2D eigenvalue weighted by atomic mass is 9.78. The monoisotopic (exact) mass is 763 g/mol. The van der Waals surface area contributed by atoms with Gasteiger partial charge in [-0.2, -0.15) is 0 Å². The number of fused-ring (bicyclic) bond motifs is 2. The number of methoxy groups -OCH3 is 2. The standard InChI is InChI=1S/C40H47ClFN5O7/c1-39(38(50)54-21-24-9-10-25(51-2)17-33(24)52-3)12-6-7-27(39)37(49)46-16-11-26-28(41)18-29(42)36(53-22-30-31-8-4-5-15-47(31)44-43-30)35(26)32(46)20-45-23-40(13-14-40)19-34(45)48/h9-10,17-18,27,32H,4-8,11-16,19-23H2,1-3H3/t27-,32+,39-/m0/s1. The molecular formula is C40H47ClFN5O7. The Morgan fingerprint density at radius 2 is 1.87 bits per heavy atom. The summed E-state index contributed by atoms with van der Waals surface area (Å²) in [6.07, 6.45) is 7.28. The summed E-state index contributed by atoms with van der Waals surface area (Å²) in [4.78, 5) is 45.9. The highest BCUT2D eigenvalue weighted by atomic mass is 35.5. The Morgan fingerprint density at radius 1 is 1.04 bits per heavy atom. The summed E-state index contributed by atoms with van der Waals surface area (Å²) >= 11 is 6.76. The minimum atomic E-state index is -1.10. The Morgan fingerprint density at radius 3 is 2.63 bits per heavy atom. The molecule has 54 heavy (non-hydrogen) atoms. The molecule has 0 bridgehead atoms. The van der Waals surface area contributed by atoms with Gasteiger partial charge >= 0.3 is 5.97 Å². The third kappa shape index (κ3) is 6.56. The zero-order valence-electron chi connectivity index (χ0n) is 31.1. The van der Waals surface area contributed by atoms with E-state index < -0.39 is 29.2 Å². The van der Waals surface area contributed by atoms with Crippen molar-refractivity contribution >= 4 is 29.4 Å². The van der Waals surface area contributed by atoms with Gasteiger partial charge in [-0.25, -0.2) is 9.07 Å². The molecule has 1 spiro atoms. The molecule has 1 saturated heterocycles. The van der Waals surface area contributed by atoms with Crippen LogP contribution in [0.5, 0.6) is 17.2 Å². The van der Waals surface area contributed by atoms with E-state index in [0.29, 0.717) is 72.5 Å². The molecule has 5 aliphatic rings. The predicted octanol–water partition coefficient (Wildman–Crippen LogP) is 5.99. The van der Waals surface area contributed by atoms with Gasteiger partial charge in [0, 0.05) is 54.8 Å². The Bertz CT molecular complexity index is 1980. The second kappa shape index (κ2) is 14.4. The lowest BCUT2D eigenvalue weighted by Gasteiger charge is -2.43. The van der Waals surface area contributed by atoms with Crippen LogP contribution in [-0.2, 0) is 51.7 Å². The number of carbonyl (C=O) groups is 3. The van der Waals surface area contributed by atoms with E-state index in [1.54, 1.807) is 37.1 Å². The number of likely N-dealkylation sites (tertiary alicyclic amines) is 1. The average Bonchev–Trinajstić information content (AvgIpc) is 3.45. The van der Waals surface area contributed by atoms with Crippen molar-refractivity contribution in [2.75, 3.05) is 33.9 Å². The van der Waals surface area contributed by atoms with Gasteiger partial charge in [0.2, 0.25) is 11.8 Å². The number of nitrogens with zero attached hydrogens (tertiary/aromatic N) is 5. The second-order valence-electron chi connectivity index (χ2n) is 15.9. The van der Waals surface area contributed by atoms with E-state index in [2.05, 4.69) is 10.3 Å². The number of carbonyl (C=O) groups excluding carboxylic acids is 3. The normalized spacial score (nSPS) is 24.0. The quantitative estimate of drug-likeness (QED) is 0.217. The number of hydrogen-bond acceptors (Lipinski definition) is 9. The van der Waals surface area contributed by atoms with Gasteiger partial charge in [-0.3, -0.25) is 14.4 Å². The minimum absolute atomic E-state index is 0.00172. The first kappa shape index (κ1) is 36.6. The van der Waals surface area contributed by atoms with Crippen LogP contribution in [-0.4, -0.2) is 76.4 Å². The molecule has 3 aromatic rings. The van der Waals surface area contributed by atoms with E-state index in [1.165, 1.54) is 13.2 Å². The van der Waals surface area contributed by atoms with Crippen LogP contribution in [0.25, 0.3) is 0 Å². The highest BCUT2D eigenvalue weighted by molar-refractivity contribution is 6.31. The maximum Gasteiger partial charge on any atom is 0.312 e. The minimum Gasteiger partial charge on any atom is -0.497 e. The maximum atomic E-state index is 16.2. The first-order valence-electron chi connectivity index (χ1n) is 19.1.